The maximum atomic E-state index is 11.8. The van der Waals surface area contributed by atoms with Crippen molar-refractivity contribution < 1.29 is 14.6 Å². The van der Waals surface area contributed by atoms with Gasteiger partial charge in [0.2, 0.25) is 0 Å². The van der Waals surface area contributed by atoms with Crippen molar-refractivity contribution in [1.82, 2.24) is 10.6 Å². The van der Waals surface area contributed by atoms with Crippen LogP contribution < -0.4 is 10.6 Å². The van der Waals surface area contributed by atoms with E-state index >= 15 is 0 Å². The molecule has 3 N–H and O–H groups in total. The maximum Gasteiger partial charge on any atom is 0.315 e. The lowest BCUT2D eigenvalue weighted by Crippen LogP contribution is -2.47. The zero-order valence-electron chi connectivity index (χ0n) is 12.4. The molecule has 2 rings (SSSR count). The van der Waals surface area contributed by atoms with Crippen molar-refractivity contribution >= 4 is 6.03 Å². The third kappa shape index (κ3) is 5.36. The Labute approximate surface area is 125 Å². The van der Waals surface area contributed by atoms with Gasteiger partial charge in [-0.1, -0.05) is 30.3 Å². The number of carbonyl (C=O) groups is 1. The fourth-order valence-corrected chi connectivity index (χ4v) is 2.52. The summed E-state index contributed by atoms with van der Waals surface area (Å²) >= 11 is 0. The van der Waals surface area contributed by atoms with Crippen LogP contribution in [0.2, 0.25) is 0 Å². The molecule has 0 spiro atoms. The normalized spacial score (nSPS) is 20.8. The highest BCUT2D eigenvalue weighted by molar-refractivity contribution is 5.74. The van der Waals surface area contributed by atoms with E-state index in [1.807, 2.05) is 37.3 Å². The second-order valence-corrected chi connectivity index (χ2v) is 5.54. The third-order valence-corrected chi connectivity index (χ3v) is 3.69. The number of benzene rings is 1. The Hall–Kier alpha value is -1.59. The Balaban J connectivity index is 1.66. The molecule has 1 aromatic carbocycles. The smallest absolute Gasteiger partial charge is 0.315 e. The predicted molar refractivity (Wildman–Crippen MR) is 81.1 cm³/mol. The van der Waals surface area contributed by atoms with Gasteiger partial charge in [0.05, 0.1) is 18.2 Å². The van der Waals surface area contributed by atoms with Gasteiger partial charge in [0.15, 0.2) is 0 Å². The molecule has 1 saturated heterocycles. The molecule has 0 aromatic heterocycles. The van der Waals surface area contributed by atoms with Crippen molar-refractivity contribution in [2.45, 2.75) is 44.4 Å². The molecule has 5 nitrogen and oxygen atoms in total. The van der Waals surface area contributed by atoms with E-state index in [0.717, 1.165) is 25.0 Å². The van der Waals surface area contributed by atoms with Crippen LogP contribution in [0.3, 0.4) is 0 Å². The van der Waals surface area contributed by atoms with Gasteiger partial charge in [0, 0.05) is 19.6 Å². The maximum absolute atomic E-state index is 11.8. The van der Waals surface area contributed by atoms with Crippen molar-refractivity contribution in [2.75, 3.05) is 13.2 Å². The summed E-state index contributed by atoms with van der Waals surface area (Å²) in [5.41, 5.74) is 1.06. The van der Waals surface area contributed by atoms with Crippen LogP contribution in [-0.2, 0) is 11.2 Å². The van der Waals surface area contributed by atoms with E-state index in [4.69, 9.17) is 4.74 Å². The molecular formula is C16H24N2O3. The molecule has 5 heteroatoms. The number of carbonyl (C=O) groups excluding carboxylic acids is 1. The van der Waals surface area contributed by atoms with Gasteiger partial charge in [-0.25, -0.2) is 4.79 Å². The van der Waals surface area contributed by atoms with E-state index in [9.17, 15) is 9.90 Å². The van der Waals surface area contributed by atoms with E-state index in [2.05, 4.69) is 10.6 Å². The highest BCUT2D eigenvalue weighted by Crippen LogP contribution is 2.15. The molecule has 1 aliphatic rings. The largest absolute Gasteiger partial charge is 0.391 e. The second-order valence-electron chi connectivity index (χ2n) is 5.54. The number of hydrogen-bond acceptors (Lipinski definition) is 3. The van der Waals surface area contributed by atoms with Crippen LogP contribution in [0, 0.1) is 0 Å². The fraction of sp³-hybridized carbons (Fsp3) is 0.562. The van der Waals surface area contributed by atoms with Gasteiger partial charge in [-0.15, -0.1) is 0 Å². The second kappa shape index (κ2) is 8.00. The van der Waals surface area contributed by atoms with Gasteiger partial charge < -0.3 is 20.5 Å². The first-order valence-electron chi connectivity index (χ1n) is 7.53. The van der Waals surface area contributed by atoms with Crippen LogP contribution in [0.1, 0.15) is 25.3 Å². The lowest BCUT2D eigenvalue weighted by atomic mass is 10.1. The van der Waals surface area contributed by atoms with Crippen LogP contribution in [-0.4, -0.2) is 42.5 Å². The van der Waals surface area contributed by atoms with E-state index in [1.165, 1.54) is 0 Å². The first kappa shape index (κ1) is 15.8. The van der Waals surface area contributed by atoms with Gasteiger partial charge in [0.1, 0.15) is 0 Å². The minimum atomic E-state index is -0.587. The van der Waals surface area contributed by atoms with Gasteiger partial charge in [-0.2, -0.15) is 0 Å². The van der Waals surface area contributed by atoms with E-state index in [0.29, 0.717) is 6.42 Å². The van der Waals surface area contributed by atoms with Gasteiger partial charge in [-0.05, 0) is 25.3 Å². The summed E-state index contributed by atoms with van der Waals surface area (Å²) in [4.78, 5) is 11.8. The summed E-state index contributed by atoms with van der Waals surface area (Å²) in [6, 6.07) is 9.46. The summed E-state index contributed by atoms with van der Waals surface area (Å²) in [6.07, 6.45) is 2.08. The number of nitrogens with one attached hydrogen (secondary N) is 2. The van der Waals surface area contributed by atoms with Crippen LogP contribution in [0.5, 0.6) is 0 Å². The number of urea groups is 1. The fourth-order valence-electron chi connectivity index (χ4n) is 2.52. The van der Waals surface area contributed by atoms with Crippen molar-refractivity contribution in [2.24, 2.45) is 0 Å². The molecule has 1 aliphatic heterocycles. The van der Waals surface area contributed by atoms with Gasteiger partial charge >= 0.3 is 6.03 Å². The molecule has 0 aliphatic carbocycles. The highest BCUT2D eigenvalue weighted by atomic mass is 16.5. The zero-order valence-corrected chi connectivity index (χ0v) is 12.4. The minimum absolute atomic E-state index is 0.0150. The van der Waals surface area contributed by atoms with Gasteiger partial charge in [-0.3, -0.25) is 0 Å². The third-order valence-electron chi connectivity index (χ3n) is 3.69. The van der Waals surface area contributed by atoms with Crippen LogP contribution >= 0.6 is 0 Å². The summed E-state index contributed by atoms with van der Waals surface area (Å²) < 4.78 is 5.53. The van der Waals surface area contributed by atoms with Crippen molar-refractivity contribution in [3.63, 3.8) is 0 Å². The Bertz CT molecular complexity index is 432. The van der Waals surface area contributed by atoms with Crippen LogP contribution in [0.15, 0.2) is 30.3 Å². The lowest BCUT2D eigenvalue weighted by Gasteiger charge is -2.21. The Morgan fingerprint density at radius 3 is 2.86 bits per heavy atom. The zero-order chi connectivity index (χ0) is 15.1. The summed E-state index contributed by atoms with van der Waals surface area (Å²) in [5, 5.41) is 15.5. The average Bonchev–Trinajstić information content (AvgIpc) is 3.00. The monoisotopic (exact) mass is 292 g/mol. The Kier molecular flexibility index (Phi) is 6.02. The highest BCUT2D eigenvalue weighted by Gasteiger charge is 2.23. The average molecular weight is 292 g/mol. The van der Waals surface area contributed by atoms with Crippen molar-refractivity contribution in [3.8, 4) is 0 Å². The number of aliphatic hydroxyl groups excluding tert-OH is 1. The van der Waals surface area contributed by atoms with Crippen molar-refractivity contribution in [3.05, 3.63) is 35.9 Å². The quantitative estimate of drug-likeness (QED) is 0.743. The van der Waals surface area contributed by atoms with E-state index < -0.39 is 6.10 Å². The molecule has 1 fully saturated rings. The molecule has 21 heavy (non-hydrogen) atoms. The molecule has 3 unspecified atom stereocenters. The number of hydrogen-bond donors (Lipinski definition) is 3. The van der Waals surface area contributed by atoms with Crippen LogP contribution in [0.25, 0.3) is 0 Å². The Morgan fingerprint density at radius 1 is 1.43 bits per heavy atom. The molecule has 0 saturated carbocycles. The summed E-state index contributed by atoms with van der Waals surface area (Å²) in [6.45, 7) is 2.95. The molecule has 1 heterocycles. The minimum Gasteiger partial charge on any atom is -0.391 e. The number of rotatable bonds is 6. The van der Waals surface area contributed by atoms with Crippen LogP contribution in [0.4, 0.5) is 4.79 Å². The number of amides is 2. The van der Waals surface area contributed by atoms with Gasteiger partial charge in [0.25, 0.3) is 0 Å². The first-order chi connectivity index (χ1) is 10.1. The predicted octanol–water partition coefficient (Wildman–Crippen LogP) is 1.46. The number of aliphatic hydroxyl groups is 1. The molecule has 0 radical (unpaired) electrons. The standard InChI is InChI=1S/C16H24N2O3/c1-12(15-8-5-9-21-15)18-16(20)17-11-14(19)10-13-6-3-2-4-7-13/h2-4,6-7,12,14-15,19H,5,8-11H2,1H3,(H2,17,18,20). The summed E-state index contributed by atoms with van der Waals surface area (Å²) in [5.74, 6) is 0. The van der Waals surface area contributed by atoms with Crippen molar-refractivity contribution in [1.29, 1.82) is 0 Å². The first-order valence-corrected chi connectivity index (χ1v) is 7.53. The SMILES string of the molecule is CC(NC(=O)NCC(O)Cc1ccccc1)C1CCCO1. The van der Waals surface area contributed by atoms with E-state index in [-0.39, 0.29) is 24.7 Å². The number of ether oxygens (including phenoxy) is 1. The molecule has 116 valence electrons. The van der Waals surface area contributed by atoms with E-state index in [1.54, 1.807) is 0 Å². The Morgan fingerprint density at radius 2 is 2.19 bits per heavy atom. The molecule has 3 atom stereocenters. The topological polar surface area (TPSA) is 70.6 Å². The molecule has 1 aromatic rings. The summed E-state index contributed by atoms with van der Waals surface area (Å²) in [7, 11) is 0. The lowest BCUT2D eigenvalue weighted by molar-refractivity contribution is 0.0857. The molecule has 2 amide bonds. The molecular weight excluding hydrogens is 268 g/mol. The molecule has 0 bridgehead atoms.